The maximum absolute atomic E-state index is 12.2. The quantitative estimate of drug-likeness (QED) is 0.686. The van der Waals surface area contributed by atoms with Gasteiger partial charge in [-0.15, -0.1) is 0 Å². The molecule has 0 saturated carbocycles. The summed E-state index contributed by atoms with van der Waals surface area (Å²) >= 11 is 0. The van der Waals surface area contributed by atoms with Crippen molar-refractivity contribution in [2.75, 3.05) is 65.6 Å². The van der Waals surface area contributed by atoms with Crippen LogP contribution in [-0.4, -0.2) is 87.6 Å². The van der Waals surface area contributed by atoms with Gasteiger partial charge < -0.3 is 25.0 Å². The van der Waals surface area contributed by atoms with Gasteiger partial charge in [0.05, 0.1) is 19.8 Å². The second-order valence-corrected chi connectivity index (χ2v) is 6.25. The molecule has 2 aliphatic heterocycles. The van der Waals surface area contributed by atoms with E-state index in [1.165, 1.54) is 6.42 Å². The number of alkyl carbamates (subject to hydrolysis) is 1. The minimum Gasteiger partial charge on any atom is -0.450 e. The Kier molecular flexibility index (Phi) is 8.11. The molecule has 2 saturated heterocycles. The largest absolute Gasteiger partial charge is 0.450 e. The smallest absolute Gasteiger partial charge is 0.407 e. The summed E-state index contributed by atoms with van der Waals surface area (Å²) < 4.78 is 10.1. The average molecular weight is 342 g/mol. The number of nitrogens with one attached hydrogen (secondary N) is 2. The summed E-state index contributed by atoms with van der Waals surface area (Å²) in [4.78, 5) is 27.7. The lowest BCUT2D eigenvalue weighted by Crippen LogP contribution is -2.49. The third-order valence-corrected chi connectivity index (χ3v) is 4.37. The van der Waals surface area contributed by atoms with Gasteiger partial charge in [0.1, 0.15) is 0 Å². The summed E-state index contributed by atoms with van der Waals surface area (Å²) in [5.74, 6) is 0.528. The third kappa shape index (κ3) is 6.52. The molecule has 138 valence electrons. The van der Waals surface area contributed by atoms with Gasteiger partial charge in [-0.25, -0.2) is 9.59 Å². The van der Waals surface area contributed by atoms with Crippen molar-refractivity contribution < 1.29 is 19.1 Å². The van der Waals surface area contributed by atoms with E-state index in [1.807, 2.05) is 4.90 Å². The molecule has 3 amide bonds. The summed E-state index contributed by atoms with van der Waals surface area (Å²) in [5.41, 5.74) is 0. The van der Waals surface area contributed by atoms with Crippen molar-refractivity contribution in [1.29, 1.82) is 0 Å². The zero-order valence-electron chi connectivity index (χ0n) is 14.6. The summed E-state index contributed by atoms with van der Waals surface area (Å²) in [5, 5.41) is 5.45. The van der Waals surface area contributed by atoms with Crippen molar-refractivity contribution >= 4 is 12.1 Å². The highest BCUT2D eigenvalue weighted by Crippen LogP contribution is 2.18. The van der Waals surface area contributed by atoms with Crippen molar-refractivity contribution in [3.63, 3.8) is 0 Å². The molecule has 2 N–H and O–H groups in total. The fourth-order valence-corrected chi connectivity index (χ4v) is 3.18. The lowest BCUT2D eigenvalue weighted by atomic mass is 9.97. The molecule has 0 unspecified atom stereocenters. The minimum atomic E-state index is -0.449. The molecule has 24 heavy (non-hydrogen) atoms. The molecule has 0 aliphatic carbocycles. The molecular formula is C16H30N4O4. The normalized spacial score (nSPS) is 22.0. The van der Waals surface area contributed by atoms with Crippen LogP contribution < -0.4 is 10.6 Å². The molecule has 0 aromatic rings. The van der Waals surface area contributed by atoms with Gasteiger partial charge in [-0.3, -0.25) is 4.90 Å². The van der Waals surface area contributed by atoms with Gasteiger partial charge in [-0.05, 0) is 25.7 Å². The highest BCUT2D eigenvalue weighted by atomic mass is 16.5. The number of hydrogen-bond acceptors (Lipinski definition) is 5. The zero-order chi connectivity index (χ0) is 17.2. The number of carbonyl (C=O) groups excluding carboxylic acids is 2. The number of likely N-dealkylation sites (tertiary alicyclic amines) is 1. The molecule has 0 aromatic carbocycles. The van der Waals surface area contributed by atoms with Crippen LogP contribution in [0, 0.1) is 5.92 Å². The lowest BCUT2D eigenvalue weighted by molar-refractivity contribution is 0.0249. The van der Waals surface area contributed by atoms with Crippen molar-refractivity contribution in [3.05, 3.63) is 0 Å². The van der Waals surface area contributed by atoms with Gasteiger partial charge in [0.2, 0.25) is 0 Å². The molecule has 8 nitrogen and oxygen atoms in total. The van der Waals surface area contributed by atoms with Crippen LogP contribution in [0.4, 0.5) is 9.59 Å². The Balaban J connectivity index is 1.63. The van der Waals surface area contributed by atoms with Crippen LogP contribution in [0.5, 0.6) is 0 Å². The first-order valence-corrected chi connectivity index (χ1v) is 8.92. The Morgan fingerprint density at radius 2 is 1.92 bits per heavy atom. The highest BCUT2D eigenvalue weighted by Gasteiger charge is 2.25. The van der Waals surface area contributed by atoms with Crippen molar-refractivity contribution in [2.24, 2.45) is 5.92 Å². The van der Waals surface area contributed by atoms with E-state index in [0.29, 0.717) is 25.6 Å². The van der Waals surface area contributed by atoms with E-state index in [4.69, 9.17) is 9.47 Å². The maximum Gasteiger partial charge on any atom is 0.407 e. The van der Waals surface area contributed by atoms with Gasteiger partial charge in [0, 0.05) is 45.8 Å². The summed E-state index contributed by atoms with van der Waals surface area (Å²) in [6.45, 7) is 9.11. The number of carbonyl (C=O) groups is 2. The summed E-state index contributed by atoms with van der Waals surface area (Å²) in [7, 11) is 0. The summed E-state index contributed by atoms with van der Waals surface area (Å²) in [6.07, 6.45) is 1.77. The van der Waals surface area contributed by atoms with Crippen LogP contribution in [0.25, 0.3) is 0 Å². The number of ether oxygens (including phenoxy) is 2. The van der Waals surface area contributed by atoms with Crippen LogP contribution in [0.1, 0.15) is 19.8 Å². The Morgan fingerprint density at radius 3 is 2.67 bits per heavy atom. The second-order valence-electron chi connectivity index (χ2n) is 6.25. The average Bonchev–Trinajstić information content (AvgIpc) is 2.60. The molecule has 2 fully saturated rings. The van der Waals surface area contributed by atoms with E-state index in [1.54, 1.807) is 6.92 Å². The topological polar surface area (TPSA) is 83.1 Å². The van der Waals surface area contributed by atoms with Gasteiger partial charge >= 0.3 is 12.1 Å². The van der Waals surface area contributed by atoms with Crippen LogP contribution in [0.15, 0.2) is 0 Å². The molecule has 0 aromatic heterocycles. The Labute approximate surface area is 143 Å². The molecule has 2 rings (SSSR count). The number of urea groups is 1. The van der Waals surface area contributed by atoms with Gasteiger partial charge in [0.15, 0.2) is 0 Å². The predicted octanol–water partition coefficient (Wildman–Crippen LogP) is 0.486. The highest BCUT2D eigenvalue weighted by molar-refractivity contribution is 5.74. The van der Waals surface area contributed by atoms with Gasteiger partial charge in [-0.1, -0.05) is 0 Å². The molecule has 2 heterocycles. The first-order valence-electron chi connectivity index (χ1n) is 8.92. The van der Waals surface area contributed by atoms with Crippen LogP contribution >= 0.6 is 0 Å². The van der Waals surface area contributed by atoms with E-state index in [-0.39, 0.29) is 6.03 Å². The van der Waals surface area contributed by atoms with Crippen LogP contribution in [0.2, 0.25) is 0 Å². The van der Waals surface area contributed by atoms with Crippen molar-refractivity contribution in [1.82, 2.24) is 20.4 Å². The number of nitrogens with zero attached hydrogens (tertiary/aromatic N) is 2. The number of piperidine rings is 1. The lowest BCUT2D eigenvalue weighted by Gasteiger charge is -2.36. The molecule has 0 radical (unpaired) electrons. The molecule has 0 spiro atoms. The van der Waals surface area contributed by atoms with Gasteiger partial charge in [0.25, 0.3) is 0 Å². The fourth-order valence-electron chi connectivity index (χ4n) is 3.18. The molecule has 1 atom stereocenters. The molecular weight excluding hydrogens is 312 g/mol. The van der Waals surface area contributed by atoms with Crippen molar-refractivity contribution in [3.8, 4) is 0 Å². The number of hydrogen-bond donors (Lipinski definition) is 2. The van der Waals surface area contributed by atoms with Crippen LogP contribution in [0.3, 0.4) is 0 Å². The zero-order valence-corrected chi connectivity index (χ0v) is 14.6. The molecule has 8 heteroatoms. The van der Waals surface area contributed by atoms with E-state index in [9.17, 15) is 9.59 Å². The third-order valence-electron chi connectivity index (χ3n) is 4.37. The minimum absolute atomic E-state index is 0.0488. The predicted molar refractivity (Wildman–Crippen MR) is 90.0 cm³/mol. The molecule has 0 bridgehead atoms. The Morgan fingerprint density at radius 1 is 1.17 bits per heavy atom. The van der Waals surface area contributed by atoms with E-state index in [2.05, 4.69) is 15.5 Å². The fraction of sp³-hybridized carbons (Fsp3) is 0.875. The maximum atomic E-state index is 12.2. The van der Waals surface area contributed by atoms with Gasteiger partial charge in [-0.2, -0.15) is 0 Å². The number of rotatable bonds is 6. The standard InChI is InChI=1S/C16H30N4O4/c1-2-24-16(22)18-6-5-17-15(21)20-7-3-4-14(13-20)12-19-8-10-23-11-9-19/h14H,2-13H2,1H3,(H,17,21)(H,18,22)/t14-/m1/s1. The molecule has 2 aliphatic rings. The van der Waals surface area contributed by atoms with E-state index in [0.717, 1.165) is 52.4 Å². The SMILES string of the molecule is CCOC(=O)NCCNC(=O)N1CCC[C@H](CN2CCOCC2)C1. The van der Waals surface area contributed by atoms with E-state index >= 15 is 0 Å². The van der Waals surface area contributed by atoms with Crippen molar-refractivity contribution in [2.45, 2.75) is 19.8 Å². The Hall–Kier alpha value is -1.54. The Bertz CT molecular complexity index is 402. The first-order chi connectivity index (χ1) is 11.7. The first kappa shape index (κ1) is 18.8. The number of morpholine rings is 1. The van der Waals surface area contributed by atoms with Crippen LogP contribution in [-0.2, 0) is 9.47 Å². The monoisotopic (exact) mass is 342 g/mol. The summed E-state index contributed by atoms with van der Waals surface area (Å²) in [6, 6.07) is -0.0488. The van der Waals surface area contributed by atoms with E-state index < -0.39 is 6.09 Å². The number of amides is 3. The second kappa shape index (κ2) is 10.4.